The molecule has 0 spiro atoms. The fourth-order valence-corrected chi connectivity index (χ4v) is 3.31. The lowest BCUT2D eigenvalue weighted by molar-refractivity contribution is -0.182. The van der Waals surface area contributed by atoms with Gasteiger partial charge in [-0.05, 0) is 26.8 Å². The first-order valence-corrected chi connectivity index (χ1v) is 8.55. The van der Waals surface area contributed by atoms with Gasteiger partial charge in [-0.1, -0.05) is 0 Å². The van der Waals surface area contributed by atoms with Crippen LogP contribution in [0.5, 0.6) is 0 Å². The molecule has 3 heterocycles. The maximum atomic E-state index is 13.3. The molecule has 0 radical (unpaired) electrons. The molecular formula is C16H15F3N6OS. The number of hydrogen-bond acceptors (Lipinski definition) is 6. The van der Waals surface area contributed by atoms with E-state index in [1.807, 2.05) is 0 Å². The van der Waals surface area contributed by atoms with Gasteiger partial charge in [0.05, 0.1) is 16.3 Å². The lowest BCUT2D eigenvalue weighted by Crippen LogP contribution is -2.38. The summed E-state index contributed by atoms with van der Waals surface area (Å²) < 4.78 is 41.0. The number of carbonyl (C=O) groups excluding carboxylic acids is 1. The average Bonchev–Trinajstić information content (AvgIpc) is 3.20. The number of primary amides is 1. The van der Waals surface area contributed by atoms with E-state index in [9.17, 15) is 18.0 Å². The Morgan fingerprint density at radius 3 is 2.52 bits per heavy atom. The third kappa shape index (κ3) is 3.29. The molecule has 0 bridgehead atoms. The van der Waals surface area contributed by atoms with E-state index in [0.29, 0.717) is 21.3 Å². The molecule has 0 aromatic carbocycles. The quantitative estimate of drug-likeness (QED) is 0.730. The van der Waals surface area contributed by atoms with Crippen molar-refractivity contribution in [3.05, 3.63) is 36.2 Å². The van der Waals surface area contributed by atoms with Gasteiger partial charge in [0.25, 0.3) is 0 Å². The minimum Gasteiger partial charge on any atom is -0.351 e. The highest BCUT2D eigenvalue weighted by Crippen LogP contribution is 2.40. The standard InChI is InChI=1S/C16H15F3N6OS/c1-8-10(27-12(23-8)11-21-6-7-25(11)14(20)26)9-4-5-22-13(24-9)15(2,3)16(17,18)19/h4-7H,1-3H3,(H2,20,26). The number of carbonyl (C=O) groups is 1. The van der Waals surface area contributed by atoms with Crippen LogP contribution in [0, 0.1) is 6.92 Å². The van der Waals surface area contributed by atoms with Gasteiger partial charge in [-0.15, -0.1) is 11.3 Å². The van der Waals surface area contributed by atoms with Crippen LogP contribution in [0.1, 0.15) is 25.4 Å². The lowest BCUT2D eigenvalue weighted by atomic mass is 9.91. The third-order valence-corrected chi connectivity index (χ3v) is 5.20. The zero-order chi connectivity index (χ0) is 20.0. The Morgan fingerprint density at radius 2 is 1.89 bits per heavy atom. The normalized spacial score (nSPS) is 12.4. The van der Waals surface area contributed by atoms with Crippen molar-refractivity contribution < 1.29 is 18.0 Å². The largest absolute Gasteiger partial charge is 0.400 e. The minimum absolute atomic E-state index is 0.256. The van der Waals surface area contributed by atoms with E-state index >= 15 is 0 Å². The molecular weight excluding hydrogens is 381 g/mol. The van der Waals surface area contributed by atoms with Crippen LogP contribution < -0.4 is 5.73 Å². The first kappa shape index (κ1) is 19.0. The second kappa shape index (κ2) is 6.41. The fourth-order valence-electron chi connectivity index (χ4n) is 2.28. The molecule has 0 aliphatic heterocycles. The number of rotatable bonds is 3. The molecule has 0 unspecified atom stereocenters. The Morgan fingerprint density at radius 1 is 1.19 bits per heavy atom. The van der Waals surface area contributed by atoms with Crippen LogP contribution >= 0.6 is 11.3 Å². The molecule has 3 rings (SSSR count). The Balaban J connectivity index is 2.06. The highest BCUT2D eigenvalue weighted by atomic mass is 32.1. The van der Waals surface area contributed by atoms with Crippen molar-refractivity contribution in [2.75, 3.05) is 0 Å². The highest BCUT2D eigenvalue weighted by Gasteiger charge is 2.50. The lowest BCUT2D eigenvalue weighted by Gasteiger charge is -2.26. The number of nitrogens with two attached hydrogens (primary N) is 1. The molecule has 2 N–H and O–H groups in total. The topological polar surface area (TPSA) is 99.6 Å². The van der Waals surface area contributed by atoms with Gasteiger partial charge in [-0.25, -0.2) is 29.3 Å². The van der Waals surface area contributed by atoms with Gasteiger partial charge in [0.15, 0.2) is 10.8 Å². The summed E-state index contributed by atoms with van der Waals surface area (Å²) >= 11 is 1.15. The number of aromatic nitrogens is 5. The molecule has 27 heavy (non-hydrogen) atoms. The summed E-state index contributed by atoms with van der Waals surface area (Å²) in [5, 5.41) is 0.404. The van der Waals surface area contributed by atoms with E-state index in [1.165, 1.54) is 24.7 Å². The van der Waals surface area contributed by atoms with Crippen LogP contribution in [0.15, 0.2) is 24.7 Å². The summed E-state index contributed by atoms with van der Waals surface area (Å²) in [4.78, 5) is 28.4. The maximum absolute atomic E-state index is 13.3. The molecule has 3 aromatic rings. The van der Waals surface area contributed by atoms with Gasteiger partial charge in [0.2, 0.25) is 0 Å². The van der Waals surface area contributed by atoms with E-state index in [1.54, 1.807) is 6.92 Å². The summed E-state index contributed by atoms with van der Waals surface area (Å²) in [5.41, 5.74) is 3.95. The van der Waals surface area contributed by atoms with Crippen molar-refractivity contribution in [2.24, 2.45) is 5.73 Å². The molecule has 0 atom stereocenters. The second-order valence-electron chi connectivity index (χ2n) is 6.28. The van der Waals surface area contributed by atoms with Crippen molar-refractivity contribution in [1.82, 2.24) is 24.5 Å². The van der Waals surface area contributed by atoms with Crippen LogP contribution in [0.3, 0.4) is 0 Å². The smallest absolute Gasteiger partial charge is 0.351 e. The molecule has 142 valence electrons. The van der Waals surface area contributed by atoms with E-state index in [2.05, 4.69) is 19.9 Å². The van der Waals surface area contributed by atoms with Gasteiger partial charge in [0.1, 0.15) is 11.2 Å². The molecule has 7 nitrogen and oxygen atoms in total. The number of nitrogens with zero attached hydrogens (tertiary/aromatic N) is 5. The van der Waals surface area contributed by atoms with E-state index < -0.39 is 17.6 Å². The predicted molar refractivity (Wildman–Crippen MR) is 93.2 cm³/mol. The molecule has 0 saturated carbocycles. The van der Waals surface area contributed by atoms with Gasteiger partial charge >= 0.3 is 12.2 Å². The summed E-state index contributed by atoms with van der Waals surface area (Å²) in [5.74, 6) is -0.0766. The molecule has 0 aliphatic rings. The molecule has 3 aromatic heterocycles. The molecule has 0 fully saturated rings. The Labute approximate surface area is 156 Å². The van der Waals surface area contributed by atoms with Crippen molar-refractivity contribution in [3.8, 4) is 21.4 Å². The van der Waals surface area contributed by atoms with Crippen LogP contribution in [0.2, 0.25) is 0 Å². The van der Waals surface area contributed by atoms with E-state index in [4.69, 9.17) is 5.73 Å². The number of hydrogen-bond donors (Lipinski definition) is 1. The molecule has 1 amide bonds. The number of imidazole rings is 1. The van der Waals surface area contributed by atoms with Gasteiger partial charge in [-0.2, -0.15) is 13.2 Å². The number of amides is 1. The average molecular weight is 396 g/mol. The zero-order valence-corrected chi connectivity index (χ0v) is 15.4. The maximum Gasteiger partial charge on any atom is 0.400 e. The van der Waals surface area contributed by atoms with E-state index in [-0.39, 0.29) is 11.6 Å². The van der Waals surface area contributed by atoms with Crippen LogP contribution in [-0.2, 0) is 5.41 Å². The van der Waals surface area contributed by atoms with Gasteiger partial charge in [-0.3, -0.25) is 0 Å². The van der Waals surface area contributed by atoms with Gasteiger partial charge < -0.3 is 5.73 Å². The summed E-state index contributed by atoms with van der Waals surface area (Å²) in [7, 11) is 0. The summed E-state index contributed by atoms with van der Waals surface area (Å²) in [6.07, 6.45) is -0.395. The molecule has 0 saturated heterocycles. The van der Waals surface area contributed by atoms with E-state index in [0.717, 1.165) is 29.8 Å². The van der Waals surface area contributed by atoms with Crippen LogP contribution in [-0.4, -0.2) is 36.7 Å². The monoisotopic (exact) mass is 396 g/mol. The first-order chi connectivity index (χ1) is 12.5. The summed E-state index contributed by atoms with van der Waals surface area (Å²) in [6, 6.07) is 0.800. The highest BCUT2D eigenvalue weighted by molar-refractivity contribution is 7.18. The molecule has 11 heteroatoms. The zero-order valence-electron chi connectivity index (χ0n) is 14.6. The Hall–Kier alpha value is -2.82. The number of halogens is 3. The number of thiazole rings is 1. The third-order valence-electron chi connectivity index (χ3n) is 4.02. The first-order valence-electron chi connectivity index (χ1n) is 7.74. The predicted octanol–water partition coefficient (Wildman–Crippen LogP) is 3.54. The molecule has 0 aliphatic carbocycles. The van der Waals surface area contributed by atoms with Crippen molar-refractivity contribution in [1.29, 1.82) is 0 Å². The van der Waals surface area contributed by atoms with Crippen LogP contribution in [0.25, 0.3) is 21.4 Å². The fraction of sp³-hybridized carbons (Fsp3) is 0.312. The van der Waals surface area contributed by atoms with Crippen LogP contribution in [0.4, 0.5) is 18.0 Å². The van der Waals surface area contributed by atoms with Crippen molar-refractivity contribution >= 4 is 17.4 Å². The van der Waals surface area contributed by atoms with Crippen molar-refractivity contribution in [3.63, 3.8) is 0 Å². The van der Waals surface area contributed by atoms with Gasteiger partial charge in [0, 0.05) is 18.6 Å². The number of aryl methyl sites for hydroxylation is 1. The second-order valence-corrected chi connectivity index (χ2v) is 7.28. The Bertz CT molecular complexity index is 1010. The van der Waals surface area contributed by atoms with Crippen molar-refractivity contribution in [2.45, 2.75) is 32.4 Å². The Kier molecular flexibility index (Phi) is 4.50. The number of alkyl halides is 3. The minimum atomic E-state index is -4.49. The summed E-state index contributed by atoms with van der Waals surface area (Å²) in [6.45, 7) is 3.75. The SMILES string of the molecule is Cc1nc(-c2nccn2C(N)=O)sc1-c1ccnc(C(C)(C)C(F)(F)F)n1.